The van der Waals surface area contributed by atoms with E-state index in [1.165, 1.54) is 12.8 Å². The third-order valence-corrected chi connectivity index (χ3v) is 5.90. The molecular weight excluding hydrogens is 236 g/mol. The van der Waals surface area contributed by atoms with E-state index >= 15 is 0 Å². The molecule has 0 aromatic heterocycles. The second-order valence-electron chi connectivity index (χ2n) is 5.42. The third kappa shape index (κ3) is 3.66. The summed E-state index contributed by atoms with van der Waals surface area (Å²) in [6.07, 6.45) is 4.20. The van der Waals surface area contributed by atoms with Gasteiger partial charge in [-0.2, -0.15) is 0 Å². The Morgan fingerprint density at radius 3 is 2.24 bits per heavy atom. The first-order valence-corrected chi connectivity index (χ1v) is 8.52. The average molecular weight is 260 g/mol. The molecule has 0 aromatic carbocycles. The molecule has 2 fully saturated rings. The van der Waals surface area contributed by atoms with Crippen molar-refractivity contribution < 1.29 is 8.42 Å². The van der Waals surface area contributed by atoms with E-state index in [4.69, 9.17) is 0 Å². The lowest BCUT2D eigenvalue weighted by atomic mass is 9.95. The van der Waals surface area contributed by atoms with E-state index in [-0.39, 0.29) is 0 Å². The molecule has 0 amide bonds. The topological polar surface area (TPSA) is 49.4 Å². The fourth-order valence-electron chi connectivity index (χ4n) is 3.05. The number of nitrogens with zero attached hydrogens (tertiary/aromatic N) is 1. The van der Waals surface area contributed by atoms with Crippen LogP contribution in [0.5, 0.6) is 0 Å². The van der Waals surface area contributed by atoms with Crippen molar-refractivity contribution in [3.8, 4) is 0 Å². The molecule has 2 rings (SSSR count). The number of sulfone groups is 1. The molecule has 0 atom stereocenters. The van der Waals surface area contributed by atoms with Crippen LogP contribution in [0.25, 0.3) is 0 Å². The number of hydrogen-bond donors (Lipinski definition) is 1. The van der Waals surface area contributed by atoms with Crippen molar-refractivity contribution in [1.29, 1.82) is 0 Å². The van der Waals surface area contributed by atoms with Crippen LogP contribution in [0.4, 0.5) is 0 Å². The van der Waals surface area contributed by atoms with E-state index in [9.17, 15) is 8.42 Å². The Labute approximate surface area is 105 Å². The number of likely N-dealkylation sites (tertiary alicyclic amines) is 1. The molecule has 0 bridgehead atoms. The predicted octanol–water partition coefficient (Wildman–Crippen LogP) is 0.495. The van der Waals surface area contributed by atoms with Crippen LogP contribution >= 0.6 is 0 Å². The molecule has 0 saturated carbocycles. The summed E-state index contributed by atoms with van der Waals surface area (Å²) < 4.78 is 22.8. The van der Waals surface area contributed by atoms with Crippen molar-refractivity contribution in [2.45, 2.75) is 31.7 Å². The van der Waals surface area contributed by atoms with Gasteiger partial charge >= 0.3 is 0 Å². The minimum absolute atomic E-state index is 0.397. The molecular formula is C12H24N2O2S. The Morgan fingerprint density at radius 1 is 1.12 bits per heavy atom. The van der Waals surface area contributed by atoms with Gasteiger partial charge in [-0.05, 0) is 58.3 Å². The van der Waals surface area contributed by atoms with Gasteiger partial charge in [-0.25, -0.2) is 8.42 Å². The molecule has 0 aromatic rings. The van der Waals surface area contributed by atoms with Gasteiger partial charge in [0, 0.05) is 6.04 Å². The molecule has 0 radical (unpaired) electrons. The summed E-state index contributed by atoms with van der Waals surface area (Å²) in [5.41, 5.74) is 0. The predicted molar refractivity (Wildman–Crippen MR) is 69.9 cm³/mol. The molecule has 1 N–H and O–H groups in total. The van der Waals surface area contributed by atoms with Gasteiger partial charge in [-0.1, -0.05) is 0 Å². The van der Waals surface area contributed by atoms with Crippen molar-refractivity contribution in [3.05, 3.63) is 0 Å². The van der Waals surface area contributed by atoms with E-state index in [1.807, 2.05) is 7.05 Å². The van der Waals surface area contributed by atoms with Crippen LogP contribution in [0, 0.1) is 5.92 Å². The van der Waals surface area contributed by atoms with Crippen LogP contribution in [-0.2, 0) is 9.84 Å². The molecule has 0 aliphatic carbocycles. The van der Waals surface area contributed by atoms with Crippen LogP contribution < -0.4 is 5.32 Å². The summed E-state index contributed by atoms with van der Waals surface area (Å²) in [6.45, 7) is 3.42. The van der Waals surface area contributed by atoms with Gasteiger partial charge in [0.1, 0.15) is 9.84 Å². The largest absolute Gasteiger partial charge is 0.319 e. The summed E-state index contributed by atoms with van der Waals surface area (Å²) in [4.78, 5) is 2.51. The zero-order chi connectivity index (χ0) is 12.3. The van der Waals surface area contributed by atoms with E-state index in [1.54, 1.807) is 0 Å². The molecule has 2 aliphatic heterocycles. The third-order valence-electron chi connectivity index (χ3n) is 4.18. The fourth-order valence-corrected chi connectivity index (χ4v) is 4.52. The van der Waals surface area contributed by atoms with Crippen molar-refractivity contribution >= 4 is 9.84 Å². The van der Waals surface area contributed by atoms with E-state index in [2.05, 4.69) is 10.2 Å². The highest BCUT2D eigenvalue weighted by atomic mass is 32.2. The lowest BCUT2D eigenvalue weighted by Gasteiger charge is -2.39. The minimum atomic E-state index is -2.71. The standard InChI is InChI=1S/C12H24N2O2S/c1-13-10-11-2-6-14(7-3-11)12-4-8-17(15,16)9-5-12/h11-13H,2-10H2,1H3. The van der Waals surface area contributed by atoms with Gasteiger partial charge in [0.25, 0.3) is 0 Å². The van der Waals surface area contributed by atoms with Crippen molar-refractivity contribution in [2.24, 2.45) is 5.92 Å². The van der Waals surface area contributed by atoms with Crippen molar-refractivity contribution in [1.82, 2.24) is 10.2 Å². The molecule has 17 heavy (non-hydrogen) atoms. The number of rotatable bonds is 3. The highest BCUT2D eigenvalue weighted by molar-refractivity contribution is 7.91. The first-order chi connectivity index (χ1) is 8.11. The number of nitrogens with one attached hydrogen (secondary N) is 1. The Morgan fingerprint density at radius 2 is 1.71 bits per heavy atom. The smallest absolute Gasteiger partial charge is 0.150 e. The molecule has 5 heteroatoms. The maximum absolute atomic E-state index is 11.4. The first kappa shape index (κ1) is 13.3. The van der Waals surface area contributed by atoms with Gasteiger partial charge < -0.3 is 10.2 Å². The van der Waals surface area contributed by atoms with Crippen molar-refractivity contribution in [3.63, 3.8) is 0 Å². The fraction of sp³-hybridized carbons (Fsp3) is 1.00. The first-order valence-electron chi connectivity index (χ1n) is 6.70. The van der Waals surface area contributed by atoms with Gasteiger partial charge in [-0.3, -0.25) is 0 Å². The van der Waals surface area contributed by atoms with Crippen molar-refractivity contribution in [2.75, 3.05) is 38.2 Å². The lowest BCUT2D eigenvalue weighted by Crippen LogP contribution is -2.46. The van der Waals surface area contributed by atoms with E-state index in [0.717, 1.165) is 38.4 Å². The molecule has 0 spiro atoms. The minimum Gasteiger partial charge on any atom is -0.319 e. The Bertz CT molecular complexity index is 320. The second-order valence-corrected chi connectivity index (χ2v) is 7.72. The summed E-state index contributed by atoms with van der Waals surface area (Å²) in [5, 5.41) is 3.24. The maximum atomic E-state index is 11.4. The summed E-state index contributed by atoms with van der Waals surface area (Å²) in [6, 6.07) is 0.522. The van der Waals surface area contributed by atoms with Crippen LogP contribution in [0.15, 0.2) is 0 Å². The summed E-state index contributed by atoms with van der Waals surface area (Å²) in [7, 11) is -0.698. The van der Waals surface area contributed by atoms with Gasteiger partial charge in [0.15, 0.2) is 0 Å². The Kier molecular flexibility index (Phi) is 4.44. The zero-order valence-corrected chi connectivity index (χ0v) is 11.5. The van der Waals surface area contributed by atoms with Crippen LogP contribution in [0.3, 0.4) is 0 Å². The lowest BCUT2D eigenvalue weighted by molar-refractivity contribution is 0.124. The second kappa shape index (κ2) is 5.67. The monoisotopic (exact) mass is 260 g/mol. The molecule has 4 nitrogen and oxygen atoms in total. The normalized spacial score (nSPS) is 28.3. The Balaban J connectivity index is 1.78. The number of hydrogen-bond acceptors (Lipinski definition) is 4. The molecule has 0 unspecified atom stereocenters. The molecule has 2 aliphatic rings. The average Bonchev–Trinajstić information content (AvgIpc) is 2.31. The highest BCUT2D eigenvalue weighted by Crippen LogP contribution is 2.24. The van der Waals surface area contributed by atoms with Crippen LogP contribution in [0.1, 0.15) is 25.7 Å². The van der Waals surface area contributed by atoms with Gasteiger partial charge in [0.05, 0.1) is 11.5 Å². The van der Waals surface area contributed by atoms with Gasteiger partial charge in [0.2, 0.25) is 0 Å². The molecule has 2 saturated heterocycles. The van der Waals surface area contributed by atoms with Crippen LogP contribution in [-0.4, -0.2) is 57.5 Å². The quantitative estimate of drug-likeness (QED) is 0.802. The number of piperidine rings is 1. The zero-order valence-electron chi connectivity index (χ0n) is 10.7. The van der Waals surface area contributed by atoms with Gasteiger partial charge in [-0.15, -0.1) is 0 Å². The summed E-state index contributed by atoms with van der Waals surface area (Å²) >= 11 is 0. The Hall–Kier alpha value is -0.130. The highest BCUT2D eigenvalue weighted by Gasteiger charge is 2.30. The SMILES string of the molecule is CNCC1CCN(C2CCS(=O)(=O)CC2)CC1. The van der Waals surface area contributed by atoms with E-state index < -0.39 is 9.84 Å². The van der Waals surface area contributed by atoms with Crippen LogP contribution in [0.2, 0.25) is 0 Å². The van der Waals surface area contributed by atoms with E-state index in [0.29, 0.717) is 17.5 Å². The summed E-state index contributed by atoms with van der Waals surface area (Å²) in [5.74, 6) is 1.60. The molecule has 100 valence electrons. The maximum Gasteiger partial charge on any atom is 0.150 e. The molecule has 2 heterocycles.